The van der Waals surface area contributed by atoms with Gasteiger partial charge in [-0.3, -0.25) is 4.79 Å². The summed E-state index contributed by atoms with van der Waals surface area (Å²) >= 11 is 0. The fraction of sp³-hybridized carbons (Fsp3) is 0.500. The fourth-order valence-corrected chi connectivity index (χ4v) is 1.79. The summed E-state index contributed by atoms with van der Waals surface area (Å²) < 4.78 is 0. The molecule has 0 aromatic heterocycles. The maximum absolute atomic E-state index is 11.7. The van der Waals surface area contributed by atoms with Crippen molar-refractivity contribution in [1.29, 1.82) is 0 Å². The summed E-state index contributed by atoms with van der Waals surface area (Å²) in [6, 6.07) is 5.97. The van der Waals surface area contributed by atoms with E-state index in [-0.39, 0.29) is 18.3 Å². The number of carbonyl (C=O) groups excluding carboxylic acids is 1. The molecule has 1 aromatic carbocycles. The molecule has 4 heteroatoms. The standard InChI is InChI=1S/C14H20N2O.ClH/c1-10-4-3-5-13(11(10)2)16-14(17)9-15-8-12-6-7-12;/h3-5,12,15H,6-9H2,1-2H3,(H,16,17);1H. The van der Waals surface area contributed by atoms with Crippen molar-refractivity contribution in [3.8, 4) is 0 Å². The van der Waals surface area contributed by atoms with Crippen LogP contribution >= 0.6 is 12.4 Å². The van der Waals surface area contributed by atoms with Crippen molar-refractivity contribution in [2.75, 3.05) is 18.4 Å². The third-order valence-corrected chi connectivity index (χ3v) is 3.29. The molecule has 0 aliphatic heterocycles. The number of aryl methyl sites for hydroxylation is 1. The first-order chi connectivity index (χ1) is 8.16. The molecule has 100 valence electrons. The minimum atomic E-state index is 0. The van der Waals surface area contributed by atoms with Crippen molar-refractivity contribution >= 4 is 24.0 Å². The van der Waals surface area contributed by atoms with Crippen LogP contribution in [0.1, 0.15) is 24.0 Å². The molecule has 1 fully saturated rings. The summed E-state index contributed by atoms with van der Waals surface area (Å²) in [5.74, 6) is 0.850. The molecule has 2 N–H and O–H groups in total. The van der Waals surface area contributed by atoms with Crippen molar-refractivity contribution < 1.29 is 4.79 Å². The van der Waals surface area contributed by atoms with Gasteiger partial charge in [-0.05, 0) is 56.3 Å². The van der Waals surface area contributed by atoms with E-state index in [0.717, 1.165) is 23.7 Å². The van der Waals surface area contributed by atoms with Crippen LogP contribution in [0.2, 0.25) is 0 Å². The van der Waals surface area contributed by atoms with Crippen molar-refractivity contribution in [1.82, 2.24) is 5.32 Å². The van der Waals surface area contributed by atoms with Gasteiger partial charge in [0.2, 0.25) is 5.91 Å². The van der Waals surface area contributed by atoms with Crippen LogP contribution in [0.15, 0.2) is 18.2 Å². The summed E-state index contributed by atoms with van der Waals surface area (Å²) in [7, 11) is 0. The number of anilines is 1. The highest BCUT2D eigenvalue weighted by Gasteiger charge is 2.20. The number of rotatable bonds is 5. The van der Waals surface area contributed by atoms with Crippen molar-refractivity contribution in [3.05, 3.63) is 29.3 Å². The monoisotopic (exact) mass is 268 g/mol. The van der Waals surface area contributed by atoms with Crippen LogP contribution in [0.4, 0.5) is 5.69 Å². The highest BCUT2D eigenvalue weighted by Crippen LogP contribution is 2.27. The summed E-state index contributed by atoms with van der Waals surface area (Å²) in [6.07, 6.45) is 2.62. The van der Waals surface area contributed by atoms with Gasteiger partial charge in [0.05, 0.1) is 6.54 Å². The Kier molecular flexibility index (Phi) is 5.63. The Morgan fingerprint density at radius 1 is 1.33 bits per heavy atom. The number of nitrogens with one attached hydrogen (secondary N) is 2. The van der Waals surface area contributed by atoms with Gasteiger partial charge in [0.15, 0.2) is 0 Å². The maximum atomic E-state index is 11.7. The Balaban J connectivity index is 0.00000162. The van der Waals surface area contributed by atoms with E-state index in [4.69, 9.17) is 0 Å². The second kappa shape index (κ2) is 6.76. The number of hydrogen-bond donors (Lipinski definition) is 2. The topological polar surface area (TPSA) is 41.1 Å². The van der Waals surface area contributed by atoms with Crippen molar-refractivity contribution in [3.63, 3.8) is 0 Å². The summed E-state index contributed by atoms with van der Waals surface area (Å²) in [6.45, 7) is 5.46. The summed E-state index contributed by atoms with van der Waals surface area (Å²) in [5.41, 5.74) is 3.26. The van der Waals surface area contributed by atoms with Gasteiger partial charge in [0.1, 0.15) is 0 Å². The average Bonchev–Trinajstić information content (AvgIpc) is 3.09. The van der Waals surface area contributed by atoms with Gasteiger partial charge in [-0.2, -0.15) is 0 Å². The van der Waals surface area contributed by atoms with E-state index in [1.807, 2.05) is 19.1 Å². The molecular formula is C14H21ClN2O. The van der Waals surface area contributed by atoms with Gasteiger partial charge < -0.3 is 10.6 Å². The zero-order valence-corrected chi connectivity index (χ0v) is 11.8. The number of benzene rings is 1. The Morgan fingerprint density at radius 2 is 2.06 bits per heavy atom. The highest BCUT2D eigenvalue weighted by molar-refractivity contribution is 5.93. The lowest BCUT2D eigenvalue weighted by Gasteiger charge is -2.10. The zero-order valence-electron chi connectivity index (χ0n) is 11.0. The molecule has 0 bridgehead atoms. The van der Waals surface area contributed by atoms with E-state index < -0.39 is 0 Å². The molecule has 18 heavy (non-hydrogen) atoms. The number of amides is 1. The second-order valence-corrected chi connectivity index (χ2v) is 4.87. The number of halogens is 1. The van der Waals surface area contributed by atoms with Crippen LogP contribution in [0.25, 0.3) is 0 Å². The van der Waals surface area contributed by atoms with E-state index in [9.17, 15) is 4.79 Å². The minimum Gasteiger partial charge on any atom is -0.325 e. The molecule has 0 unspecified atom stereocenters. The molecule has 1 aliphatic carbocycles. The smallest absolute Gasteiger partial charge is 0.238 e. The summed E-state index contributed by atoms with van der Waals surface area (Å²) in [5, 5.41) is 6.13. The maximum Gasteiger partial charge on any atom is 0.238 e. The van der Waals surface area contributed by atoms with Gasteiger partial charge in [0.25, 0.3) is 0 Å². The molecular weight excluding hydrogens is 248 g/mol. The molecule has 0 saturated heterocycles. The van der Waals surface area contributed by atoms with Crippen LogP contribution < -0.4 is 10.6 Å². The third kappa shape index (κ3) is 4.31. The van der Waals surface area contributed by atoms with E-state index in [1.165, 1.54) is 18.4 Å². The van der Waals surface area contributed by atoms with Gasteiger partial charge in [0, 0.05) is 5.69 Å². The lowest BCUT2D eigenvalue weighted by atomic mass is 10.1. The van der Waals surface area contributed by atoms with E-state index >= 15 is 0 Å². The average molecular weight is 269 g/mol. The van der Waals surface area contributed by atoms with Crippen LogP contribution in [0.3, 0.4) is 0 Å². The fourth-order valence-electron chi connectivity index (χ4n) is 1.79. The molecule has 0 spiro atoms. The molecule has 0 heterocycles. The first-order valence-corrected chi connectivity index (χ1v) is 6.23. The van der Waals surface area contributed by atoms with Crippen LogP contribution in [0.5, 0.6) is 0 Å². The van der Waals surface area contributed by atoms with Crippen LogP contribution in [-0.2, 0) is 4.79 Å². The molecule has 3 nitrogen and oxygen atoms in total. The quantitative estimate of drug-likeness (QED) is 0.862. The normalized spacial score (nSPS) is 13.9. The molecule has 1 amide bonds. The molecule has 0 radical (unpaired) electrons. The molecule has 2 rings (SSSR count). The Bertz CT molecular complexity index is 416. The van der Waals surface area contributed by atoms with Crippen molar-refractivity contribution in [2.24, 2.45) is 5.92 Å². The first-order valence-electron chi connectivity index (χ1n) is 6.23. The molecule has 1 aromatic rings. The molecule has 1 saturated carbocycles. The van der Waals surface area contributed by atoms with Crippen LogP contribution in [0, 0.1) is 19.8 Å². The van der Waals surface area contributed by atoms with E-state index in [2.05, 4.69) is 23.6 Å². The Hall–Kier alpha value is -1.06. The second-order valence-electron chi connectivity index (χ2n) is 4.87. The zero-order chi connectivity index (χ0) is 12.3. The van der Waals surface area contributed by atoms with E-state index in [1.54, 1.807) is 0 Å². The Morgan fingerprint density at radius 3 is 2.72 bits per heavy atom. The van der Waals surface area contributed by atoms with Gasteiger partial charge in [-0.1, -0.05) is 12.1 Å². The first kappa shape index (κ1) is 15.0. The number of hydrogen-bond acceptors (Lipinski definition) is 2. The third-order valence-electron chi connectivity index (χ3n) is 3.29. The predicted octanol–water partition coefficient (Wildman–Crippen LogP) is 2.66. The lowest BCUT2D eigenvalue weighted by molar-refractivity contribution is -0.115. The molecule has 0 atom stereocenters. The predicted molar refractivity (Wildman–Crippen MR) is 77.4 cm³/mol. The molecule has 1 aliphatic rings. The number of carbonyl (C=O) groups is 1. The van der Waals surface area contributed by atoms with E-state index in [0.29, 0.717) is 6.54 Å². The largest absolute Gasteiger partial charge is 0.325 e. The minimum absolute atomic E-state index is 0. The SMILES string of the molecule is Cc1cccc(NC(=O)CNCC2CC2)c1C.Cl. The van der Waals surface area contributed by atoms with Gasteiger partial charge in [-0.15, -0.1) is 12.4 Å². The summed E-state index contributed by atoms with van der Waals surface area (Å²) in [4.78, 5) is 11.7. The van der Waals surface area contributed by atoms with Gasteiger partial charge in [-0.25, -0.2) is 0 Å². The lowest BCUT2D eigenvalue weighted by Crippen LogP contribution is -2.29. The highest BCUT2D eigenvalue weighted by atomic mass is 35.5. The van der Waals surface area contributed by atoms with Crippen LogP contribution in [-0.4, -0.2) is 19.0 Å². The Labute approximate surface area is 115 Å². The van der Waals surface area contributed by atoms with Crippen molar-refractivity contribution in [2.45, 2.75) is 26.7 Å². The van der Waals surface area contributed by atoms with Gasteiger partial charge >= 0.3 is 0 Å².